The Hall–Kier alpha value is -4.33. The molecule has 8 heteroatoms. The van der Waals surface area contributed by atoms with Crippen molar-refractivity contribution in [1.29, 1.82) is 0 Å². The fourth-order valence-corrected chi connectivity index (χ4v) is 3.99. The lowest BCUT2D eigenvalue weighted by Crippen LogP contribution is -2.30. The Morgan fingerprint density at radius 3 is 2.39 bits per heavy atom. The van der Waals surface area contributed by atoms with Crippen molar-refractivity contribution < 1.29 is 14.3 Å². The number of fused-ring (bicyclic) bond motifs is 1. The molecule has 0 bridgehead atoms. The summed E-state index contributed by atoms with van der Waals surface area (Å²) in [7, 11) is 3.17. The average molecular weight is 487 g/mol. The van der Waals surface area contributed by atoms with Gasteiger partial charge in [0, 0.05) is 17.6 Å². The van der Waals surface area contributed by atoms with Crippen LogP contribution in [0.1, 0.15) is 30.9 Å². The van der Waals surface area contributed by atoms with E-state index in [0.717, 1.165) is 10.9 Å². The number of carbonyl (C=O) groups is 1. The van der Waals surface area contributed by atoms with Gasteiger partial charge in [-0.3, -0.25) is 9.36 Å². The van der Waals surface area contributed by atoms with Crippen LogP contribution in [0.5, 0.6) is 11.5 Å². The number of para-hydroxylation sites is 1. The van der Waals surface area contributed by atoms with Crippen LogP contribution in [-0.2, 0) is 17.9 Å². The van der Waals surface area contributed by atoms with Gasteiger partial charge in [0.05, 0.1) is 19.7 Å². The number of rotatable bonds is 9. The van der Waals surface area contributed by atoms with Gasteiger partial charge in [0.15, 0.2) is 11.5 Å². The summed E-state index contributed by atoms with van der Waals surface area (Å²) in [4.78, 5) is 30.0. The summed E-state index contributed by atoms with van der Waals surface area (Å²) >= 11 is 0. The molecule has 0 saturated carbocycles. The summed E-state index contributed by atoms with van der Waals surface area (Å²) in [6.07, 6.45) is 0. The second-order valence-electron chi connectivity index (χ2n) is 8.71. The van der Waals surface area contributed by atoms with Gasteiger partial charge in [0.25, 0.3) is 0 Å². The van der Waals surface area contributed by atoms with Gasteiger partial charge in [-0.25, -0.2) is 4.79 Å². The molecule has 3 aromatic carbocycles. The maximum atomic E-state index is 13.0. The van der Waals surface area contributed by atoms with E-state index in [4.69, 9.17) is 9.47 Å². The highest BCUT2D eigenvalue weighted by Crippen LogP contribution is 2.28. The molecule has 4 rings (SSSR count). The van der Waals surface area contributed by atoms with Crippen LogP contribution in [0, 0.1) is 0 Å². The smallest absolute Gasteiger partial charge is 0.350 e. The molecule has 4 aromatic rings. The minimum atomic E-state index is -0.506. The van der Waals surface area contributed by atoms with E-state index >= 15 is 0 Å². The summed E-state index contributed by atoms with van der Waals surface area (Å²) in [6.45, 7) is 4.51. The lowest BCUT2D eigenvalue weighted by molar-refractivity contribution is -0.116. The molecule has 1 amide bonds. The number of aromatic nitrogens is 2. The topological polar surface area (TPSA) is 94.5 Å². The third kappa shape index (κ3) is 5.49. The first-order valence-corrected chi connectivity index (χ1v) is 11.7. The van der Waals surface area contributed by atoms with E-state index in [1.165, 1.54) is 10.1 Å². The number of amides is 1. The zero-order valence-corrected chi connectivity index (χ0v) is 20.9. The Bertz CT molecular complexity index is 1430. The Morgan fingerprint density at radius 1 is 0.972 bits per heavy atom. The van der Waals surface area contributed by atoms with Gasteiger partial charge in [0.2, 0.25) is 5.91 Å². The van der Waals surface area contributed by atoms with Crippen LogP contribution in [0.15, 0.2) is 71.5 Å². The Balaban J connectivity index is 1.54. The van der Waals surface area contributed by atoms with Crippen molar-refractivity contribution in [2.45, 2.75) is 32.9 Å². The zero-order chi connectivity index (χ0) is 25.7. The highest BCUT2D eigenvalue weighted by Gasteiger charge is 2.14. The number of carbonyl (C=O) groups excluding carboxylic acids is 1. The zero-order valence-electron chi connectivity index (χ0n) is 20.9. The molecule has 0 radical (unpaired) electrons. The van der Waals surface area contributed by atoms with Crippen LogP contribution < -0.4 is 25.8 Å². The predicted octanol–water partition coefficient (Wildman–Crippen LogP) is 4.79. The highest BCUT2D eigenvalue weighted by atomic mass is 16.5. The van der Waals surface area contributed by atoms with Gasteiger partial charge >= 0.3 is 5.69 Å². The van der Waals surface area contributed by atoms with Crippen LogP contribution in [0.2, 0.25) is 0 Å². The molecule has 0 spiro atoms. The SMILES string of the molecule is COc1ccc(CNc2nc(=O)n(CC(=O)Nc3ccc(C(C)C)cc3)c3ccccc23)cc1OC. The highest BCUT2D eigenvalue weighted by molar-refractivity contribution is 5.93. The van der Waals surface area contributed by atoms with E-state index < -0.39 is 5.69 Å². The molecule has 0 unspecified atom stereocenters. The second kappa shape index (κ2) is 10.9. The van der Waals surface area contributed by atoms with Crippen LogP contribution in [0.4, 0.5) is 11.5 Å². The minimum absolute atomic E-state index is 0.145. The predicted molar refractivity (Wildman–Crippen MR) is 142 cm³/mol. The molecule has 2 N–H and O–H groups in total. The monoisotopic (exact) mass is 486 g/mol. The Kier molecular flexibility index (Phi) is 7.53. The quantitative estimate of drug-likeness (QED) is 0.353. The first-order chi connectivity index (χ1) is 17.4. The first kappa shape index (κ1) is 24.8. The van der Waals surface area contributed by atoms with Crippen molar-refractivity contribution in [3.63, 3.8) is 0 Å². The van der Waals surface area contributed by atoms with E-state index in [0.29, 0.717) is 41.0 Å². The van der Waals surface area contributed by atoms with Gasteiger partial charge in [-0.1, -0.05) is 44.2 Å². The van der Waals surface area contributed by atoms with E-state index in [1.807, 2.05) is 66.7 Å². The molecule has 36 heavy (non-hydrogen) atoms. The molecule has 0 aliphatic heterocycles. The van der Waals surface area contributed by atoms with E-state index in [-0.39, 0.29) is 12.5 Å². The summed E-state index contributed by atoms with van der Waals surface area (Å²) in [5.74, 6) is 1.82. The largest absolute Gasteiger partial charge is 0.493 e. The number of methoxy groups -OCH3 is 2. The Morgan fingerprint density at radius 2 is 1.69 bits per heavy atom. The molecule has 8 nitrogen and oxygen atoms in total. The normalized spacial score (nSPS) is 10.9. The van der Waals surface area contributed by atoms with Gasteiger partial charge < -0.3 is 20.1 Å². The maximum Gasteiger partial charge on any atom is 0.350 e. The molecular formula is C28H30N4O4. The van der Waals surface area contributed by atoms with Crippen LogP contribution in [0.3, 0.4) is 0 Å². The van der Waals surface area contributed by atoms with Gasteiger partial charge in [0.1, 0.15) is 12.4 Å². The lowest BCUT2D eigenvalue weighted by atomic mass is 10.0. The number of benzene rings is 3. The number of nitrogens with one attached hydrogen (secondary N) is 2. The fourth-order valence-electron chi connectivity index (χ4n) is 3.99. The molecule has 0 fully saturated rings. The standard InChI is InChI=1S/C28H30N4O4/c1-18(2)20-10-12-21(13-11-20)30-26(33)17-32-23-8-6-5-7-22(23)27(31-28(32)34)29-16-19-9-14-24(35-3)25(15-19)36-4/h5-15,18H,16-17H2,1-4H3,(H,30,33)(H,29,31,34). The second-order valence-corrected chi connectivity index (χ2v) is 8.71. The number of anilines is 2. The molecule has 186 valence electrons. The molecule has 0 aliphatic carbocycles. The van der Waals surface area contributed by atoms with Gasteiger partial charge in [-0.05, 0) is 53.4 Å². The third-order valence-electron chi connectivity index (χ3n) is 5.96. The summed E-state index contributed by atoms with van der Waals surface area (Å²) in [5.41, 5.74) is 2.93. The van der Waals surface area contributed by atoms with Gasteiger partial charge in [-0.15, -0.1) is 0 Å². The molecule has 0 atom stereocenters. The molecule has 1 aromatic heterocycles. The third-order valence-corrected chi connectivity index (χ3v) is 5.96. The fraction of sp³-hybridized carbons (Fsp3) is 0.250. The summed E-state index contributed by atoms with van der Waals surface area (Å²) in [6, 6.07) is 20.7. The summed E-state index contributed by atoms with van der Waals surface area (Å²) < 4.78 is 12.0. The number of hydrogen-bond donors (Lipinski definition) is 2. The molecular weight excluding hydrogens is 456 g/mol. The van der Waals surface area contributed by atoms with Crippen LogP contribution >= 0.6 is 0 Å². The molecule has 1 heterocycles. The maximum absolute atomic E-state index is 13.0. The minimum Gasteiger partial charge on any atom is -0.493 e. The van der Waals surface area contributed by atoms with E-state index in [1.54, 1.807) is 14.2 Å². The van der Waals surface area contributed by atoms with Crippen molar-refractivity contribution in [2.24, 2.45) is 0 Å². The lowest BCUT2D eigenvalue weighted by Gasteiger charge is -2.15. The summed E-state index contributed by atoms with van der Waals surface area (Å²) in [5, 5.41) is 6.85. The number of ether oxygens (including phenoxy) is 2. The van der Waals surface area contributed by atoms with Crippen molar-refractivity contribution in [3.8, 4) is 11.5 Å². The van der Waals surface area contributed by atoms with E-state index in [9.17, 15) is 9.59 Å². The van der Waals surface area contributed by atoms with Crippen LogP contribution in [-0.4, -0.2) is 29.7 Å². The van der Waals surface area contributed by atoms with E-state index in [2.05, 4.69) is 29.5 Å². The number of nitrogens with zero attached hydrogens (tertiary/aromatic N) is 2. The molecule has 0 saturated heterocycles. The van der Waals surface area contributed by atoms with Crippen molar-refractivity contribution in [3.05, 3.63) is 88.3 Å². The average Bonchev–Trinajstić information content (AvgIpc) is 2.89. The van der Waals surface area contributed by atoms with Gasteiger partial charge in [-0.2, -0.15) is 4.98 Å². The van der Waals surface area contributed by atoms with Crippen molar-refractivity contribution >= 4 is 28.3 Å². The van der Waals surface area contributed by atoms with Crippen molar-refractivity contribution in [1.82, 2.24) is 9.55 Å². The molecule has 0 aliphatic rings. The van der Waals surface area contributed by atoms with Crippen LogP contribution in [0.25, 0.3) is 10.9 Å². The van der Waals surface area contributed by atoms with Crippen molar-refractivity contribution in [2.75, 3.05) is 24.9 Å². The Labute approximate surface area is 209 Å². The number of hydrogen-bond acceptors (Lipinski definition) is 6. The first-order valence-electron chi connectivity index (χ1n) is 11.7.